The molecule has 0 amide bonds. The molecule has 0 aliphatic carbocycles. The zero-order valence-electron chi connectivity index (χ0n) is 27.3. The number of rotatable bonds is 5. The van der Waals surface area contributed by atoms with Crippen LogP contribution < -0.4 is 0 Å². The molecule has 0 saturated carbocycles. The van der Waals surface area contributed by atoms with E-state index in [-0.39, 0.29) is 0 Å². The number of para-hydroxylation sites is 2. The Morgan fingerprint density at radius 1 is 0.320 bits per heavy atom. The van der Waals surface area contributed by atoms with E-state index in [1.165, 1.54) is 92.2 Å². The Bertz CT molecular complexity index is 2840. The van der Waals surface area contributed by atoms with Crippen LogP contribution in [0, 0.1) is 0 Å². The predicted octanol–water partition coefficient (Wildman–Crippen LogP) is 13.8. The number of aromatic nitrogens is 1. The van der Waals surface area contributed by atoms with Gasteiger partial charge in [-0.25, -0.2) is 0 Å². The fraction of sp³-hybridized carbons (Fsp3) is 0. The summed E-state index contributed by atoms with van der Waals surface area (Å²) in [4.78, 5) is 0. The topological polar surface area (TPSA) is 4.93 Å². The van der Waals surface area contributed by atoms with Gasteiger partial charge in [-0.05, 0) is 93.0 Å². The molecule has 0 radical (unpaired) electrons. The Morgan fingerprint density at radius 3 is 1.68 bits per heavy atom. The van der Waals surface area contributed by atoms with Crippen molar-refractivity contribution in [2.24, 2.45) is 0 Å². The third-order valence-corrected chi connectivity index (χ3v) is 11.2. The Morgan fingerprint density at radius 2 is 0.880 bits per heavy atom. The summed E-state index contributed by atoms with van der Waals surface area (Å²) in [5.41, 5.74) is 13.4. The summed E-state index contributed by atoms with van der Waals surface area (Å²) in [6, 6.07) is 68.7. The molecular formula is C48H31NS. The Balaban J connectivity index is 1.20. The zero-order valence-corrected chi connectivity index (χ0v) is 28.1. The lowest BCUT2D eigenvalue weighted by atomic mass is 9.92. The average molecular weight is 654 g/mol. The van der Waals surface area contributed by atoms with Gasteiger partial charge in [0.1, 0.15) is 0 Å². The van der Waals surface area contributed by atoms with Crippen LogP contribution in [-0.2, 0) is 0 Å². The summed E-state index contributed by atoms with van der Waals surface area (Å²) in [5.74, 6) is 0. The Hall–Kier alpha value is -6.22. The summed E-state index contributed by atoms with van der Waals surface area (Å²) in [6.45, 7) is 0. The molecule has 0 N–H and O–H groups in total. The molecule has 0 spiro atoms. The highest BCUT2D eigenvalue weighted by molar-refractivity contribution is 7.26. The summed E-state index contributed by atoms with van der Waals surface area (Å²) in [7, 11) is 0. The third-order valence-electron chi connectivity index (χ3n) is 10.00. The molecule has 0 unspecified atom stereocenters. The third kappa shape index (κ3) is 4.76. The van der Waals surface area contributed by atoms with Crippen molar-refractivity contribution >= 4 is 53.3 Å². The minimum Gasteiger partial charge on any atom is -0.309 e. The van der Waals surface area contributed by atoms with Crippen molar-refractivity contribution in [3.05, 3.63) is 188 Å². The van der Waals surface area contributed by atoms with E-state index in [1.807, 2.05) is 11.3 Å². The lowest BCUT2D eigenvalue weighted by Gasteiger charge is -2.13. The molecule has 2 aromatic heterocycles. The first-order chi connectivity index (χ1) is 24.8. The maximum atomic E-state index is 2.40. The van der Waals surface area contributed by atoms with Gasteiger partial charge in [0.2, 0.25) is 0 Å². The quantitative estimate of drug-likeness (QED) is 0.174. The second-order valence-electron chi connectivity index (χ2n) is 12.9. The molecule has 2 heterocycles. The molecule has 50 heavy (non-hydrogen) atoms. The normalized spacial score (nSPS) is 11.6. The van der Waals surface area contributed by atoms with Gasteiger partial charge in [0.15, 0.2) is 0 Å². The van der Waals surface area contributed by atoms with Crippen LogP contribution >= 0.6 is 11.3 Å². The summed E-state index contributed by atoms with van der Waals surface area (Å²) >= 11 is 1.89. The molecule has 10 aromatic rings. The predicted molar refractivity (Wildman–Crippen MR) is 215 cm³/mol. The van der Waals surface area contributed by atoms with Crippen molar-refractivity contribution < 1.29 is 0 Å². The molecule has 0 aliphatic rings. The number of hydrogen-bond donors (Lipinski definition) is 0. The van der Waals surface area contributed by atoms with Gasteiger partial charge in [0.05, 0.1) is 11.0 Å². The van der Waals surface area contributed by atoms with E-state index >= 15 is 0 Å². The first-order valence-corrected chi connectivity index (χ1v) is 17.9. The monoisotopic (exact) mass is 653 g/mol. The van der Waals surface area contributed by atoms with E-state index in [0.29, 0.717) is 0 Å². The standard InChI is InChI=1S/C48H31NS/c1-3-12-32(13-4-1)33-22-24-34(25-23-33)36-28-37(30-38(29-36)40-18-11-19-44-43-17-8-10-21-47(43)50-48(40)44)35-26-27-42-41-16-7-9-20-45(41)49(46(42)31-35)39-14-5-2-6-15-39/h1-31H. The molecule has 2 heteroatoms. The van der Waals surface area contributed by atoms with Crippen LogP contribution in [0.1, 0.15) is 0 Å². The van der Waals surface area contributed by atoms with Gasteiger partial charge in [0.25, 0.3) is 0 Å². The first kappa shape index (κ1) is 28.8. The molecule has 0 fully saturated rings. The van der Waals surface area contributed by atoms with Crippen LogP contribution in [0.15, 0.2) is 188 Å². The fourth-order valence-corrected chi connectivity index (χ4v) is 8.82. The highest BCUT2D eigenvalue weighted by Gasteiger charge is 2.16. The van der Waals surface area contributed by atoms with Gasteiger partial charge in [0, 0.05) is 36.6 Å². The number of nitrogens with zero attached hydrogens (tertiary/aromatic N) is 1. The molecule has 1 nitrogen and oxygen atoms in total. The van der Waals surface area contributed by atoms with Crippen molar-refractivity contribution in [1.82, 2.24) is 4.57 Å². The highest BCUT2D eigenvalue weighted by Crippen LogP contribution is 2.43. The molecule has 0 bridgehead atoms. The van der Waals surface area contributed by atoms with Gasteiger partial charge >= 0.3 is 0 Å². The molecule has 0 aliphatic heterocycles. The van der Waals surface area contributed by atoms with Crippen molar-refractivity contribution in [3.8, 4) is 50.2 Å². The molecule has 10 rings (SSSR count). The molecule has 0 atom stereocenters. The lowest BCUT2D eigenvalue weighted by Crippen LogP contribution is -1.93. The number of thiophene rings is 1. The highest BCUT2D eigenvalue weighted by atomic mass is 32.1. The molecule has 8 aromatic carbocycles. The first-order valence-electron chi connectivity index (χ1n) is 17.1. The number of hydrogen-bond acceptors (Lipinski definition) is 1. The van der Waals surface area contributed by atoms with E-state index in [0.717, 1.165) is 0 Å². The maximum Gasteiger partial charge on any atom is 0.0547 e. The van der Waals surface area contributed by atoms with Crippen LogP contribution in [-0.4, -0.2) is 4.57 Å². The zero-order chi connectivity index (χ0) is 33.0. The number of benzene rings is 8. The van der Waals surface area contributed by atoms with Crippen molar-refractivity contribution in [3.63, 3.8) is 0 Å². The summed E-state index contributed by atoms with van der Waals surface area (Å²) < 4.78 is 5.05. The summed E-state index contributed by atoms with van der Waals surface area (Å²) in [6.07, 6.45) is 0. The van der Waals surface area contributed by atoms with Crippen LogP contribution in [0.3, 0.4) is 0 Å². The minimum absolute atomic E-state index is 1.17. The van der Waals surface area contributed by atoms with Crippen molar-refractivity contribution in [2.75, 3.05) is 0 Å². The Labute approximate surface area is 295 Å². The van der Waals surface area contributed by atoms with Gasteiger partial charge in [-0.15, -0.1) is 11.3 Å². The van der Waals surface area contributed by atoms with Gasteiger partial charge in [-0.3, -0.25) is 0 Å². The molecular weight excluding hydrogens is 623 g/mol. The van der Waals surface area contributed by atoms with Crippen LogP contribution in [0.25, 0.3) is 92.2 Å². The van der Waals surface area contributed by atoms with Crippen LogP contribution in [0.5, 0.6) is 0 Å². The largest absolute Gasteiger partial charge is 0.309 e. The maximum absolute atomic E-state index is 2.40. The van der Waals surface area contributed by atoms with E-state index in [1.54, 1.807) is 0 Å². The van der Waals surface area contributed by atoms with E-state index in [9.17, 15) is 0 Å². The second-order valence-corrected chi connectivity index (χ2v) is 14.0. The van der Waals surface area contributed by atoms with E-state index in [4.69, 9.17) is 0 Å². The minimum atomic E-state index is 1.17. The van der Waals surface area contributed by atoms with Gasteiger partial charge < -0.3 is 4.57 Å². The van der Waals surface area contributed by atoms with Crippen molar-refractivity contribution in [2.45, 2.75) is 0 Å². The smallest absolute Gasteiger partial charge is 0.0547 e. The Kier molecular flexibility index (Phi) is 6.75. The summed E-state index contributed by atoms with van der Waals surface area (Å²) in [5, 5.41) is 5.16. The van der Waals surface area contributed by atoms with Crippen LogP contribution in [0.4, 0.5) is 0 Å². The molecule has 0 saturated heterocycles. The van der Waals surface area contributed by atoms with Crippen molar-refractivity contribution in [1.29, 1.82) is 0 Å². The SMILES string of the molecule is c1ccc(-c2ccc(-c3cc(-c4ccc5c6ccccc6n(-c6ccccc6)c5c4)cc(-c4cccc5c4sc4ccccc45)c3)cc2)cc1. The fourth-order valence-electron chi connectivity index (χ4n) is 7.58. The van der Waals surface area contributed by atoms with Crippen LogP contribution in [0.2, 0.25) is 0 Å². The molecule has 234 valence electrons. The number of fused-ring (bicyclic) bond motifs is 6. The lowest BCUT2D eigenvalue weighted by molar-refractivity contribution is 1.18. The van der Waals surface area contributed by atoms with Gasteiger partial charge in [-0.2, -0.15) is 0 Å². The van der Waals surface area contributed by atoms with E-state index in [2.05, 4.69) is 193 Å². The second kappa shape index (κ2) is 11.7. The average Bonchev–Trinajstić information content (AvgIpc) is 3.74. The van der Waals surface area contributed by atoms with E-state index < -0.39 is 0 Å². The van der Waals surface area contributed by atoms with Gasteiger partial charge in [-0.1, -0.05) is 140 Å².